The summed E-state index contributed by atoms with van der Waals surface area (Å²) >= 11 is 3.19. The summed E-state index contributed by atoms with van der Waals surface area (Å²) in [6.07, 6.45) is 0.467. The van der Waals surface area contributed by atoms with Crippen molar-refractivity contribution in [3.63, 3.8) is 0 Å². The predicted molar refractivity (Wildman–Crippen MR) is 72.6 cm³/mol. The summed E-state index contributed by atoms with van der Waals surface area (Å²) < 4.78 is 6.00. The lowest BCUT2D eigenvalue weighted by atomic mass is 10.2. The van der Waals surface area contributed by atoms with Crippen LogP contribution in [-0.2, 0) is 9.59 Å². The van der Waals surface area contributed by atoms with Crippen molar-refractivity contribution in [1.82, 2.24) is 4.90 Å². The Hall–Kier alpha value is -1.89. The van der Waals surface area contributed by atoms with Crippen LogP contribution in [0.1, 0.15) is 23.2 Å². The van der Waals surface area contributed by atoms with Gasteiger partial charge in [-0.25, -0.2) is 4.79 Å². The number of hydrogen-bond donors (Lipinski definition) is 1. The average molecular weight is 342 g/mol. The Morgan fingerprint density at radius 2 is 1.95 bits per heavy atom. The largest absolute Gasteiger partial charge is 0.491 e. The number of ether oxygens (including phenoxy) is 1. The second kappa shape index (κ2) is 6.04. The quantitative estimate of drug-likeness (QED) is 0.823. The monoisotopic (exact) mass is 341 g/mol. The number of carbonyl (C=O) groups excluding carboxylic acids is 2. The molecule has 1 N–H and O–H groups in total. The Balaban J connectivity index is 1.99. The van der Waals surface area contributed by atoms with E-state index in [2.05, 4.69) is 15.9 Å². The molecule has 6 nitrogen and oxygen atoms in total. The van der Waals surface area contributed by atoms with E-state index < -0.39 is 5.97 Å². The maximum absolute atomic E-state index is 11.4. The van der Waals surface area contributed by atoms with E-state index in [0.29, 0.717) is 4.47 Å². The van der Waals surface area contributed by atoms with E-state index >= 15 is 0 Å². The number of hydrogen-bond acceptors (Lipinski definition) is 4. The second-order valence-electron chi connectivity index (χ2n) is 4.23. The molecule has 1 heterocycles. The maximum atomic E-state index is 11.4. The highest BCUT2D eigenvalue weighted by Gasteiger charge is 2.28. The molecule has 0 spiro atoms. The molecule has 0 saturated carbocycles. The first-order valence-corrected chi connectivity index (χ1v) is 6.77. The summed E-state index contributed by atoms with van der Waals surface area (Å²) in [5.74, 6) is -1.32. The summed E-state index contributed by atoms with van der Waals surface area (Å²) in [5.41, 5.74) is 0.0263. The lowest BCUT2D eigenvalue weighted by molar-refractivity contribution is -0.138. The Morgan fingerprint density at radius 3 is 2.55 bits per heavy atom. The van der Waals surface area contributed by atoms with Crippen molar-refractivity contribution in [2.75, 3.05) is 13.2 Å². The van der Waals surface area contributed by atoms with E-state index in [4.69, 9.17) is 9.84 Å². The number of aromatic carboxylic acids is 1. The molecule has 1 fully saturated rings. The van der Waals surface area contributed by atoms with E-state index in [9.17, 15) is 14.4 Å². The lowest BCUT2D eigenvalue weighted by Crippen LogP contribution is -2.33. The van der Waals surface area contributed by atoms with E-state index in [1.807, 2.05) is 0 Å². The van der Waals surface area contributed by atoms with Crippen LogP contribution in [0.3, 0.4) is 0 Å². The smallest absolute Gasteiger partial charge is 0.339 e. The number of carboxylic acid groups (broad SMARTS) is 1. The van der Waals surface area contributed by atoms with Crippen LogP contribution in [0, 0.1) is 0 Å². The standard InChI is InChI=1S/C13H12BrNO5/c14-8-1-2-10(9(7-8)13(18)19)20-6-5-15-11(16)3-4-12(15)17/h1-2,7H,3-6H2,(H,18,19). The van der Waals surface area contributed by atoms with Gasteiger partial charge >= 0.3 is 5.97 Å². The molecule has 20 heavy (non-hydrogen) atoms. The van der Waals surface area contributed by atoms with Gasteiger partial charge < -0.3 is 9.84 Å². The fourth-order valence-electron chi connectivity index (χ4n) is 1.91. The second-order valence-corrected chi connectivity index (χ2v) is 5.15. The lowest BCUT2D eigenvalue weighted by Gasteiger charge is -2.15. The van der Waals surface area contributed by atoms with E-state index in [0.717, 1.165) is 4.90 Å². The van der Waals surface area contributed by atoms with E-state index in [1.165, 1.54) is 12.1 Å². The minimum Gasteiger partial charge on any atom is -0.491 e. The van der Waals surface area contributed by atoms with Crippen LogP contribution >= 0.6 is 15.9 Å². The highest BCUT2D eigenvalue weighted by molar-refractivity contribution is 9.10. The molecular formula is C13H12BrNO5. The molecule has 106 valence electrons. The van der Waals surface area contributed by atoms with Gasteiger partial charge in [-0.15, -0.1) is 0 Å². The molecule has 1 aromatic rings. The third kappa shape index (κ3) is 3.16. The molecule has 7 heteroatoms. The minimum atomic E-state index is -1.10. The summed E-state index contributed by atoms with van der Waals surface area (Å²) in [7, 11) is 0. The van der Waals surface area contributed by atoms with Gasteiger partial charge in [0.15, 0.2) is 0 Å². The fourth-order valence-corrected chi connectivity index (χ4v) is 2.28. The first-order chi connectivity index (χ1) is 9.49. The molecule has 0 unspecified atom stereocenters. The first-order valence-electron chi connectivity index (χ1n) is 5.98. The highest BCUT2D eigenvalue weighted by atomic mass is 79.9. The van der Waals surface area contributed by atoms with Crippen molar-refractivity contribution < 1.29 is 24.2 Å². The molecule has 0 aliphatic carbocycles. The highest BCUT2D eigenvalue weighted by Crippen LogP contribution is 2.23. The molecular weight excluding hydrogens is 330 g/mol. The number of nitrogens with zero attached hydrogens (tertiary/aromatic N) is 1. The number of benzene rings is 1. The van der Waals surface area contributed by atoms with Gasteiger partial charge in [-0.05, 0) is 18.2 Å². The van der Waals surface area contributed by atoms with Crippen LogP contribution in [0.4, 0.5) is 0 Å². The van der Waals surface area contributed by atoms with Crippen molar-refractivity contribution in [3.8, 4) is 5.75 Å². The Kier molecular flexibility index (Phi) is 4.39. The zero-order valence-electron chi connectivity index (χ0n) is 10.5. The Bertz CT molecular complexity index is 556. The third-order valence-electron chi connectivity index (χ3n) is 2.90. The summed E-state index contributed by atoms with van der Waals surface area (Å²) in [6, 6.07) is 4.62. The van der Waals surface area contributed by atoms with Gasteiger partial charge in [-0.3, -0.25) is 14.5 Å². The van der Waals surface area contributed by atoms with Crippen molar-refractivity contribution in [2.24, 2.45) is 0 Å². The zero-order valence-corrected chi connectivity index (χ0v) is 12.1. The first kappa shape index (κ1) is 14.5. The van der Waals surface area contributed by atoms with Crippen molar-refractivity contribution in [2.45, 2.75) is 12.8 Å². The Morgan fingerprint density at radius 1 is 1.30 bits per heavy atom. The number of imide groups is 1. The minimum absolute atomic E-state index is 0.0263. The maximum Gasteiger partial charge on any atom is 0.339 e. The molecule has 1 aliphatic rings. The average Bonchev–Trinajstić information content (AvgIpc) is 2.71. The molecule has 1 aromatic carbocycles. The molecule has 0 bridgehead atoms. The van der Waals surface area contributed by atoms with Crippen LogP contribution in [-0.4, -0.2) is 40.9 Å². The van der Waals surface area contributed by atoms with Gasteiger partial charge in [0.1, 0.15) is 17.9 Å². The number of carboxylic acids is 1. The van der Waals surface area contributed by atoms with Crippen LogP contribution in [0.2, 0.25) is 0 Å². The number of amides is 2. The van der Waals surface area contributed by atoms with Crippen LogP contribution in [0.5, 0.6) is 5.75 Å². The number of likely N-dealkylation sites (tertiary alicyclic amines) is 1. The number of halogens is 1. The van der Waals surface area contributed by atoms with Crippen LogP contribution in [0.15, 0.2) is 22.7 Å². The van der Waals surface area contributed by atoms with Crippen LogP contribution < -0.4 is 4.74 Å². The molecule has 1 saturated heterocycles. The van der Waals surface area contributed by atoms with Crippen molar-refractivity contribution >= 4 is 33.7 Å². The molecule has 0 radical (unpaired) electrons. The van der Waals surface area contributed by atoms with Crippen LogP contribution in [0.25, 0.3) is 0 Å². The van der Waals surface area contributed by atoms with Gasteiger partial charge in [0.25, 0.3) is 0 Å². The molecule has 1 aliphatic heterocycles. The Labute approximate surface area is 123 Å². The molecule has 0 atom stereocenters. The van der Waals surface area contributed by atoms with Gasteiger partial charge in [-0.1, -0.05) is 15.9 Å². The topological polar surface area (TPSA) is 83.9 Å². The predicted octanol–water partition coefficient (Wildman–Crippen LogP) is 1.68. The van der Waals surface area contributed by atoms with E-state index in [1.54, 1.807) is 6.07 Å². The van der Waals surface area contributed by atoms with Gasteiger partial charge in [0, 0.05) is 17.3 Å². The number of rotatable bonds is 5. The summed E-state index contributed by atoms with van der Waals surface area (Å²) in [6.45, 7) is 0.201. The van der Waals surface area contributed by atoms with Crippen molar-refractivity contribution in [1.29, 1.82) is 0 Å². The van der Waals surface area contributed by atoms with Crippen molar-refractivity contribution in [3.05, 3.63) is 28.2 Å². The van der Waals surface area contributed by atoms with E-state index in [-0.39, 0.29) is 49.1 Å². The fraction of sp³-hybridized carbons (Fsp3) is 0.308. The zero-order chi connectivity index (χ0) is 14.7. The number of carbonyl (C=O) groups is 3. The normalized spacial score (nSPS) is 14.8. The third-order valence-corrected chi connectivity index (χ3v) is 3.39. The van der Waals surface area contributed by atoms with Gasteiger partial charge in [0.2, 0.25) is 11.8 Å². The van der Waals surface area contributed by atoms with Gasteiger partial charge in [0.05, 0.1) is 6.54 Å². The molecule has 0 aromatic heterocycles. The molecule has 2 rings (SSSR count). The SMILES string of the molecule is O=C(O)c1cc(Br)ccc1OCCN1C(=O)CCC1=O. The van der Waals surface area contributed by atoms with Gasteiger partial charge in [-0.2, -0.15) is 0 Å². The summed E-state index contributed by atoms with van der Waals surface area (Å²) in [4.78, 5) is 35.0. The molecule has 2 amide bonds. The summed E-state index contributed by atoms with van der Waals surface area (Å²) in [5, 5.41) is 9.07.